The summed E-state index contributed by atoms with van der Waals surface area (Å²) in [7, 11) is 0. The molecule has 5 nitrogen and oxygen atoms in total. The molecule has 3 aromatic rings. The fourth-order valence-corrected chi connectivity index (χ4v) is 5.42. The van der Waals surface area contributed by atoms with E-state index in [0.717, 1.165) is 46.6 Å². The summed E-state index contributed by atoms with van der Waals surface area (Å²) < 4.78 is 0. The molecule has 0 bridgehead atoms. The Kier molecular flexibility index (Phi) is 5.02. The minimum atomic E-state index is 0.0210. The van der Waals surface area contributed by atoms with Gasteiger partial charge in [0.05, 0.1) is 23.4 Å². The lowest BCUT2D eigenvalue weighted by Gasteiger charge is -2.27. The second kappa shape index (κ2) is 7.85. The van der Waals surface area contributed by atoms with Gasteiger partial charge >= 0.3 is 0 Å². The van der Waals surface area contributed by atoms with Crippen LogP contribution in [0.2, 0.25) is 0 Å². The van der Waals surface area contributed by atoms with E-state index in [9.17, 15) is 5.26 Å². The molecule has 1 saturated carbocycles. The van der Waals surface area contributed by atoms with Crippen LogP contribution in [0.15, 0.2) is 30.3 Å². The van der Waals surface area contributed by atoms with Gasteiger partial charge in [0.25, 0.3) is 0 Å². The molecule has 0 amide bonds. The first-order chi connectivity index (χ1) is 15.1. The van der Waals surface area contributed by atoms with Crippen LogP contribution >= 0.6 is 0 Å². The number of aromatic nitrogens is 2. The van der Waals surface area contributed by atoms with Crippen LogP contribution in [0.3, 0.4) is 0 Å². The van der Waals surface area contributed by atoms with E-state index >= 15 is 0 Å². The Morgan fingerprint density at radius 2 is 1.94 bits per heavy atom. The quantitative estimate of drug-likeness (QED) is 0.606. The number of nitrogens with one attached hydrogen (secondary N) is 1. The lowest BCUT2D eigenvalue weighted by atomic mass is 9.98. The highest BCUT2D eigenvalue weighted by atomic mass is 15.2. The zero-order valence-corrected chi connectivity index (χ0v) is 18.6. The number of nitrogens with zero attached hydrogens (tertiary/aromatic N) is 4. The SMILES string of the molecule is Cc1c(C#N)cccc1[C@@H](C)Nc1nnc(C)c2cc3c(cc12)N(C1CCCC1)CC3. The molecule has 1 N–H and O–H groups in total. The Morgan fingerprint density at radius 3 is 2.71 bits per heavy atom. The summed E-state index contributed by atoms with van der Waals surface area (Å²) in [6.45, 7) is 7.29. The van der Waals surface area contributed by atoms with Gasteiger partial charge in [0.15, 0.2) is 5.82 Å². The number of hydrogen-bond donors (Lipinski definition) is 1. The third-order valence-corrected chi connectivity index (χ3v) is 7.18. The predicted octanol–water partition coefficient (Wildman–Crippen LogP) is 5.60. The molecule has 1 aromatic heterocycles. The fourth-order valence-electron chi connectivity index (χ4n) is 5.42. The van der Waals surface area contributed by atoms with E-state index < -0.39 is 0 Å². The summed E-state index contributed by atoms with van der Waals surface area (Å²) in [6.07, 6.45) is 6.42. The number of benzene rings is 2. The van der Waals surface area contributed by atoms with Gasteiger partial charge in [-0.25, -0.2) is 0 Å². The topological polar surface area (TPSA) is 64.8 Å². The average molecular weight is 412 g/mol. The van der Waals surface area contributed by atoms with Crippen LogP contribution in [0, 0.1) is 25.2 Å². The van der Waals surface area contributed by atoms with E-state index in [2.05, 4.69) is 51.6 Å². The molecule has 1 aliphatic carbocycles. The van der Waals surface area contributed by atoms with Crippen molar-refractivity contribution < 1.29 is 0 Å². The lowest BCUT2D eigenvalue weighted by Crippen LogP contribution is -2.31. The molecule has 1 aliphatic heterocycles. The second-order valence-electron chi connectivity index (χ2n) is 9.04. The van der Waals surface area contributed by atoms with Crippen molar-refractivity contribution >= 4 is 22.3 Å². The third kappa shape index (κ3) is 3.40. The van der Waals surface area contributed by atoms with E-state index in [1.807, 2.05) is 26.0 Å². The maximum Gasteiger partial charge on any atom is 0.157 e. The molecule has 158 valence electrons. The van der Waals surface area contributed by atoms with Crippen LogP contribution in [-0.2, 0) is 6.42 Å². The van der Waals surface area contributed by atoms with Crippen molar-refractivity contribution in [1.29, 1.82) is 5.26 Å². The molecule has 0 saturated heterocycles. The first kappa shape index (κ1) is 19.8. The second-order valence-corrected chi connectivity index (χ2v) is 9.04. The van der Waals surface area contributed by atoms with Gasteiger partial charge < -0.3 is 10.2 Å². The molecule has 5 heteroatoms. The molecule has 0 unspecified atom stereocenters. The van der Waals surface area contributed by atoms with Crippen molar-refractivity contribution in [3.8, 4) is 6.07 Å². The largest absolute Gasteiger partial charge is 0.368 e. The number of anilines is 2. The van der Waals surface area contributed by atoms with E-state index in [0.29, 0.717) is 6.04 Å². The van der Waals surface area contributed by atoms with E-state index in [-0.39, 0.29) is 6.04 Å². The van der Waals surface area contributed by atoms with Crippen LogP contribution < -0.4 is 10.2 Å². The maximum absolute atomic E-state index is 9.39. The molecule has 31 heavy (non-hydrogen) atoms. The number of rotatable bonds is 4. The highest BCUT2D eigenvalue weighted by Crippen LogP contribution is 2.39. The standard InChI is InChI=1S/C26H29N5/c1-16-20(15-27)7-6-10-22(16)17(2)28-26-24-14-25-19(13-23(24)18(3)29-30-26)11-12-31(25)21-8-4-5-9-21/h6-7,10,13-14,17,21H,4-5,8-9,11-12H2,1-3H3,(H,28,30)/t17-/m1/s1. The molecular weight excluding hydrogens is 382 g/mol. The van der Waals surface area contributed by atoms with Gasteiger partial charge in [-0.15, -0.1) is 5.10 Å². The molecule has 5 rings (SSSR count). The number of fused-ring (bicyclic) bond motifs is 2. The van der Waals surface area contributed by atoms with Crippen LogP contribution in [0.5, 0.6) is 0 Å². The van der Waals surface area contributed by atoms with Gasteiger partial charge in [0.1, 0.15) is 0 Å². The lowest BCUT2D eigenvalue weighted by molar-refractivity contribution is 0.625. The highest BCUT2D eigenvalue weighted by molar-refractivity contribution is 5.97. The number of hydrogen-bond acceptors (Lipinski definition) is 5. The smallest absolute Gasteiger partial charge is 0.157 e. The highest BCUT2D eigenvalue weighted by Gasteiger charge is 2.29. The van der Waals surface area contributed by atoms with Crippen molar-refractivity contribution in [3.05, 3.63) is 58.3 Å². The van der Waals surface area contributed by atoms with Crippen LogP contribution in [-0.4, -0.2) is 22.8 Å². The van der Waals surface area contributed by atoms with E-state index in [1.54, 1.807) is 0 Å². The Bertz CT molecular complexity index is 1190. The Hall–Kier alpha value is -3.13. The third-order valence-electron chi connectivity index (χ3n) is 7.18. The first-order valence-corrected chi connectivity index (χ1v) is 11.4. The minimum absolute atomic E-state index is 0.0210. The van der Waals surface area contributed by atoms with E-state index in [4.69, 9.17) is 0 Å². The van der Waals surface area contributed by atoms with Gasteiger partial charge in [-0.1, -0.05) is 25.0 Å². The zero-order chi connectivity index (χ0) is 21.5. The maximum atomic E-state index is 9.39. The molecule has 2 aliphatic rings. The van der Waals surface area contributed by atoms with Gasteiger partial charge in [0.2, 0.25) is 0 Å². The predicted molar refractivity (Wildman–Crippen MR) is 126 cm³/mol. The number of aryl methyl sites for hydroxylation is 1. The first-order valence-electron chi connectivity index (χ1n) is 11.4. The fraction of sp³-hybridized carbons (Fsp3) is 0.423. The van der Waals surface area contributed by atoms with Crippen molar-refractivity contribution in [3.63, 3.8) is 0 Å². The summed E-state index contributed by atoms with van der Waals surface area (Å²) >= 11 is 0. The minimum Gasteiger partial charge on any atom is -0.368 e. The van der Waals surface area contributed by atoms with E-state index in [1.165, 1.54) is 42.3 Å². The summed E-state index contributed by atoms with van der Waals surface area (Å²) in [5, 5.41) is 24.3. The summed E-state index contributed by atoms with van der Waals surface area (Å²) in [5.41, 5.74) is 6.64. The molecule has 0 radical (unpaired) electrons. The molecule has 2 aromatic carbocycles. The van der Waals surface area contributed by atoms with Crippen LogP contribution in [0.1, 0.15) is 66.6 Å². The van der Waals surface area contributed by atoms with Gasteiger partial charge in [-0.05, 0) is 74.9 Å². The van der Waals surface area contributed by atoms with Gasteiger partial charge in [-0.3, -0.25) is 0 Å². The Morgan fingerprint density at radius 1 is 1.13 bits per heavy atom. The summed E-state index contributed by atoms with van der Waals surface area (Å²) in [5.74, 6) is 0.816. The van der Waals surface area contributed by atoms with Crippen molar-refractivity contribution in [2.24, 2.45) is 0 Å². The monoisotopic (exact) mass is 411 g/mol. The Labute approximate surface area is 184 Å². The van der Waals surface area contributed by atoms with Crippen molar-refractivity contribution in [2.45, 2.75) is 65.0 Å². The zero-order valence-electron chi connectivity index (χ0n) is 18.6. The van der Waals surface area contributed by atoms with Crippen molar-refractivity contribution in [2.75, 3.05) is 16.8 Å². The molecular formula is C26H29N5. The normalized spacial score (nSPS) is 17.0. The average Bonchev–Trinajstić information content (AvgIpc) is 3.44. The van der Waals surface area contributed by atoms with Gasteiger partial charge in [-0.2, -0.15) is 10.4 Å². The van der Waals surface area contributed by atoms with Crippen LogP contribution in [0.25, 0.3) is 10.8 Å². The number of nitriles is 1. The molecule has 1 atom stereocenters. The summed E-state index contributed by atoms with van der Waals surface area (Å²) in [6, 6.07) is 13.6. The molecule has 1 fully saturated rings. The summed E-state index contributed by atoms with van der Waals surface area (Å²) in [4.78, 5) is 2.63. The van der Waals surface area contributed by atoms with Crippen molar-refractivity contribution in [1.82, 2.24) is 10.2 Å². The van der Waals surface area contributed by atoms with Crippen LogP contribution in [0.4, 0.5) is 11.5 Å². The molecule has 0 spiro atoms. The molecule has 2 heterocycles. The van der Waals surface area contributed by atoms with Gasteiger partial charge in [0, 0.05) is 29.0 Å². The Balaban J connectivity index is 1.54.